The molecule has 0 radical (unpaired) electrons. The summed E-state index contributed by atoms with van der Waals surface area (Å²) in [5, 5.41) is 44.5. The van der Waals surface area contributed by atoms with Crippen LogP contribution in [0.25, 0.3) is 0 Å². The van der Waals surface area contributed by atoms with Crippen molar-refractivity contribution in [1.82, 2.24) is 20.9 Å². The fourth-order valence-electron chi connectivity index (χ4n) is 4.03. The van der Waals surface area contributed by atoms with Crippen molar-refractivity contribution in [2.24, 2.45) is 11.5 Å². The number of carbonyl (C=O) groups is 6. The van der Waals surface area contributed by atoms with Gasteiger partial charge in [0, 0.05) is 6.54 Å². The third-order valence-corrected chi connectivity index (χ3v) is 6.28. The maximum absolute atomic E-state index is 13.4. The lowest BCUT2D eigenvalue weighted by Crippen LogP contribution is -2.60. The molecule has 1 fully saturated rings. The first kappa shape index (κ1) is 33.7. The number of unbranched alkanes of at least 4 members (excludes halogenated alkanes) is 1. The molecule has 0 aromatic heterocycles. The van der Waals surface area contributed by atoms with Crippen molar-refractivity contribution >= 4 is 35.6 Å². The van der Waals surface area contributed by atoms with E-state index in [2.05, 4.69) is 10.6 Å². The zero-order valence-corrected chi connectivity index (χ0v) is 22.0. The second-order valence-electron chi connectivity index (χ2n) is 9.53. The molecule has 0 bridgehead atoms. The summed E-state index contributed by atoms with van der Waals surface area (Å²) >= 11 is 0. The van der Waals surface area contributed by atoms with E-state index in [0.717, 1.165) is 0 Å². The van der Waals surface area contributed by atoms with Crippen LogP contribution >= 0.6 is 0 Å². The Morgan fingerprint density at radius 1 is 0.923 bits per heavy atom. The molecule has 0 saturated carbocycles. The maximum atomic E-state index is 13.4. The van der Waals surface area contributed by atoms with E-state index in [1.165, 1.54) is 18.7 Å². The first-order valence-corrected chi connectivity index (χ1v) is 12.7. The van der Waals surface area contributed by atoms with Crippen LogP contribution in [0.2, 0.25) is 0 Å². The highest BCUT2D eigenvalue weighted by atomic mass is 16.4. The van der Waals surface area contributed by atoms with Crippen molar-refractivity contribution in [2.45, 2.75) is 94.8 Å². The van der Waals surface area contributed by atoms with Gasteiger partial charge >= 0.3 is 11.9 Å². The molecule has 1 aliphatic rings. The van der Waals surface area contributed by atoms with Crippen molar-refractivity contribution in [3.05, 3.63) is 0 Å². The van der Waals surface area contributed by atoms with Crippen molar-refractivity contribution < 1.29 is 49.2 Å². The number of carboxylic acid groups (broad SMARTS) is 2. The fourth-order valence-corrected chi connectivity index (χ4v) is 4.03. The van der Waals surface area contributed by atoms with Gasteiger partial charge in [0.25, 0.3) is 0 Å². The lowest BCUT2D eigenvalue weighted by atomic mass is 10.1. The zero-order valence-electron chi connectivity index (χ0n) is 22.0. The molecule has 11 N–H and O–H groups in total. The average Bonchev–Trinajstić information content (AvgIpc) is 3.34. The van der Waals surface area contributed by atoms with Crippen molar-refractivity contribution in [2.75, 3.05) is 13.1 Å². The molecule has 0 unspecified atom stereocenters. The van der Waals surface area contributed by atoms with Crippen LogP contribution in [0, 0.1) is 0 Å². The first-order chi connectivity index (χ1) is 18.2. The van der Waals surface area contributed by atoms with Crippen LogP contribution in [-0.4, -0.2) is 116 Å². The van der Waals surface area contributed by atoms with Gasteiger partial charge in [-0.15, -0.1) is 0 Å². The Kier molecular flexibility index (Phi) is 13.8. The fraction of sp³-hybridized carbons (Fsp3) is 0.739. The van der Waals surface area contributed by atoms with E-state index in [4.69, 9.17) is 21.7 Å². The van der Waals surface area contributed by atoms with Crippen LogP contribution < -0.4 is 27.4 Å². The van der Waals surface area contributed by atoms with Gasteiger partial charge in [-0.05, 0) is 52.5 Å². The SMILES string of the molecule is C[C@@H](O)[C@H](N)C(=O)N[C@@H](CCCCN)C(=O)N1CCC[C@H]1C(=O)N[C@H](C(=O)N[C@@H](CC(=O)O)C(=O)O)[C@@H](C)O. The number of nitrogens with two attached hydrogens (primary N) is 2. The summed E-state index contributed by atoms with van der Waals surface area (Å²) in [5.41, 5.74) is 11.2. The Balaban J connectivity index is 3.04. The van der Waals surface area contributed by atoms with Crippen LogP contribution in [-0.2, 0) is 28.8 Å². The summed E-state index contributed by atoms with van der Waals surface area (Å²) < 4.78 is 0. The summed E-state index contributed by atoms with van der Waals surface area (Å²) in [6, 6.07) is -6.86. The topological polar surface area (TPSA) is 275 Å². The minimum atomic E-state index is -1.80. The van der Waals surface area contributed by atoms with Gasteiger partial charge in [-0.3, -0.25) is 24.0 Å². The Bertz CT molecular complexity index is 899. The standard InChI is InChI=1S/C23H40N6O10/c1-11(30)17(25)20(35)26-13(6-3-4-8-24)22(37)29-9-5-7-15(29)19(34)28-18(12(2)31)21(36)27-14(23(38)39)10-16(32)33/h11-15,17-18,30-31H,3-10,24-25H2,1-2H3,(H,26,35)(H,27,36)(H,28,34)(H,32,33)(H,38,39)/t11-,12-,13+,14+,15+,17+,18+/m1/s1. The molecule has 39 heavy (non-hydrogen) atoms. The largest absolute Gasteiger partial charge is 0.481 e. The second kappa shape index (κ2) is 15.9. The predicted molar refractivity (Wildman–Crippen MR) is 135 cm³/mol. The molecule has 1 saturated heterocycles. The maximum Gasteiger partial charge on any atom is 0.326 e. The minimum absolute atomic E-state index is 0.161. The number of carbonyl (C=O) groups excluding carboxylic acids is 4. The Labute approximate surface area is 225 Å². The number of hydrogen-bond donors (Lipinski definition) is 9. The molecule has 1 aliphatic heterocycles. The molecule has 16 heteroatoms. The number of amides is 4. The molecule has 0 spiro atoms. The van der Waals surface area contributed by atoms with Crippen LogP contribution in [0.15, 0.2) is 0 Å². The third-order valence-electron chi connectivity index (χ3n) is 6.28. The summed E-state index contributed by atoms with van der Waals surface area (Å²) in [7, 11) is 0. The molecule has 16 nitrogen and oxygen atoms in total. The number of nitrogens with zero attached hydrogens (tertiary/aromatic N) is 1. The van der Waals surface area contributed by atoms with Crippen LogP contribution in [0.4, 0.5) is 0 Å². The molecule has 222 valence electrons. The molecule has 0 aromatic carbocycles. The van der Waals surface area contributed by atoms with Gasteiger partial charge in [0.2, 0.25) is 23.6 Å². The molecule has 7 atom stereocenters. The highest BCUT2D eigenvalue weighted by Gasteiger charge is 2.40. The second-order valence-corrected chi connectivity index (χ2v) is 9.53. The smallest absolute Gasteiger partial charge is 0.326 e. The Morgan fingerprint density at radius 2 is 1.54 bits per heavy atom. The van der Waals surface area contributed by atoms with Gasteiger partial charge in [-0.2, -0.15) is 0 Å². The van der Waals surface area contributed by atoms with E-state index in [-0.39, 0.29) is 19.4 Å². The van der Waals surface area contributed by atoms with Crippen LogP contribution in [0.3, 0.4) is 0 Å². The average molecular weight is 561 g/mol. The highest BCUT2D eigenvalue weighted by Crippen LogP contribution is 2.20. The summed E-state index contributed by atoms with van der Waals surface area (Å²) in [6.45, 7) is 3.01. The van der Waals surface area contributed by atoms with E-state index in [9.17, 15) is 39.0 Å². The molecule has 4 amide bonds. The van der Waals surface area contributed by atoms with E-state index in [1.54, 1.807) is 0 Å². The number of aliphatic hydroxyl groups is 2. The normalized spacial score (nSPS) is 19.6. The number of likely N-dealkylation sites (tertiary alicyclic amines) is 1. The van der Waals surface area contributed by atoms with Crippen molar-refractivity contribution in [1.29, 1.82) is 0 Å². The van der Waals surface area contributed by atoms with Gasteiger partial charge in [0.05, 0.1) is 18.6 Å². The highest BCUT2D eigenvalue weighted by molar-refractivity contribution is 5.96. The number of carboxylic acids is 2. The number of hydrogen-bond acceptors (Lipinski definition) is 10. The number of rotatable bonds is 16. The zero-order chi connectivity index (χ0) is 29.9. The van der Waals surface area contributed by atoms with Crippen molar-refractivity contribution in [3.8, 4) is 0 Å². The number of aliphatic hydroxyl groups excluding tert-OH is 2. The van der Waals surface area contributed by atoms with E-state index < -0.39 is 84.4 Å². The monoisotopic (exact) mass is 560 g/mol. The lowest BCUT2D eigenvalue weighted by molar-refractivity contribution is -0.148. The molecule has 0 aromatic rings. The van der Waals surface area contributed by atoms with Gasteiger partial charge in [0.15, 0.2) is 0 Å². The first-order valence-electron chi connectivity index (χ1n) is 12.7. The van der Waals surface area contributed by atoms with Crippen LogP contribution in [0.5, 0.6) is 0 Å². The van der Waals surface area contributed by atoms with E-state index >= 15 is 0 Å². The summed E-state index contributed by atoms with van der Waals surface area (Å²) in [5.74, 6) is -6.37. The molecule has 1 rings (SSSR count). The molecule has 0 aliphatic carbocycles. The predicted octanol–water partition coefficient (Wildman–Crippen LogP) is -3.79. The molecular formula is C23H40N6O10. The number of nitrogens with one attached hydrogen (secondary N) is 3. The number of aliphatic carboxylic acids is 2. The quantitative estimate of drug-likeness (QED) is 0.0822. The van der Waals surface area contributed by atoms with Crippen LogP contribution in [0.1, 0.15) is 52.4 Å². The van der Waals surface area contributed by atoms with Gasteiger partial charge in [-0.25, -0.2) is 4.79 Å². The van der Waals surface area contributed by atoms with Crippen molar-refractivity contribution in [3.63, 3.8) is 0 Å². The summed E-state index contributed by atoms with van der Waals surface area (Å²) in [6.07, 6.45) is -1.73. The molecular weight excluding hydrogens is 520 g/mol. The minimum Gasteiger partial charge on any atom is -0.481 e. The van der Waals surface area contributed by atoms with E-state index in [0.29, 0.717) is 25.8 Å². The summed E-state index contributed by atoms with van der Waals surface area (Å²) in [4.78, 5) is 75.0. The Hall–Kier alpha value is -3.34. The van der Waals surface area contributed by atoms with Gasteiger partial charge in [-0.1, -0.05) is 0 Å². The van der Waals surface area contributed by atoms with Gasteiger partial charge < -0.3 is 52.7 Å². The van der Waals surface area contributed by atoms with Gasteiger partial charge in [0.1, 0.15) is 30.2 Å². The Morgan fingerprint density at radius 3 is 2.05 bits per heavy atom. The lowest BCUT2D eigenvalue weighted by Gasteiger charge is -2.31. The third kappa shape index (κ3) is 10.4. The van der Waals surface area contributed by atoms with E-state index in [1.807, 2.05) is 5.32 Å². The molecule has 1 heterocycles.